The van der Waals surface area contributed by atoms with Gasteiger partial charge in [0.1, 0.15) is 12.4 Å². The number of hydrazone groups is 1. The minimum Gasteiger partial charge on any atom is -0.497 e. The Morgan fingerprint density at radius 1 is 1.12 bits per heavy atom. The molecule has 1 aliphatic rings. The van der Waals surface area contributed by atoms with Gasteiger partial charge in [-0.25, -0.2) is 5.01 Å². The Labute approximate surface area is 147 Å². The highest BCUT2D eigenvalue weighted by molar-refractivity contribution is 6.03. The van der Waals surface area contributed by atoms with Crippen LogP contribution in [0, 0.1) is 6.92 Å². The summed E-state index contributed by atoms with van der Waals surface area (Å²) in [5.74, 6) is 0.640. The number of amides is 1. The van der Waals surface area contributed by atoms with Crippen LogP contribution >= 0.6 is 0 Å². The molecule has 1 heterocycles. The Morgan fingerprint density at radius 3 is 2.40 bits per heavy atom. The first-order valence-electron chi connectivity index (χ1n) is 8.22. The van der Waals surface area contributed by atoms with E-state index in [2.05, 4.69) is 24.2 Å². The van der Waals surface area contributed by atoms with Crippen molar-refractivity contribution < 1.29 is 14.3 Å². The highest BCUT2D eigenvalue weighted by atomic mass is 16.5. The largest absolute Gasteiger partial charge is 0.497 e. The molecule has 0 unspecified atom stereocenters. The second kappa shape index (κ2) is 7.49. The molecular weight excluding hydrogens is 316 g/mol. The summed E-state index contributed by atoms with van der Waals surface area (Å²) in [6.07, 6.45) is 0.671. The van der Waals surface area contributed by atoms with Gasteiger partial charge in [-0.1, -0.05) is 42.0 Å². The molecule has 5 nitrogen and oxygen atoms in total. The molecule has 25 heavy (non-hydrogen) atoms. The van der Waals surface area contributed by atoms with Gasteiger partial charge in [-0.3, -0.25) is 4.79 Å². The molecule has 2 aromatic rings. The SMILES string of the molecule is COCC(=O)N1N=C(c2ccc(C)cc2)C[C@H]1c1ccc(OC)cc1. The number of rotatable bonds is 5. The molecule has 5 heteroatoms. The maximum atomic E-state index is 12.5. The van der Waals surface area contributed by atoms with Crippen LogP contribution in [0.2, 0.25) is 0 Å². The number of methoxy groups -OCH3 is 2. The van der Waals surface area contributed by atoms with Crippen LogP contribution in [0.1, 0.15) is 29.2 Å². The Balaban J connectivity index is 1.91. The molecular formula is C20H22N2O3. The van der Waals surface area contributed by atoms with E-state index in [0.717, 1.165) is 22.6 Å². The van der Waals surface area contributed by atoms with Crippen molar-refractivity contribution in [2.45, 2.75) is 19.4 Å². The number of benzene rings is 2. The summed E-state index contributed by atoms with van der Waals surface area (Å²) >= 11 is 0. The Kier molecular flexibility index (Phi) is 5.14. The zero-order valence-electron chi connectivity index (χ0n) is 14.7. The zero-order valence-corrected chi connectivity index (χ0v) is 14.7. The minimum absolute atomic E-state index is 0.0112. The Morgan fingerprint density at radius 2 is 1.80 bits per heavy atom. The van der Waals surface area contributed by atoms with Gasteiger partial charge in [-0.05, 0) is 30.2 Å². The second-order valence-corrected chi connectivity index (χ2v) is 6.08. The third-order valence-electron chi connectivity index (χ3n) is 4.32. The summed E-state index contributed by atoms with van der Waals surface area (Å²) in [4.78, 5) is 12.5. The highest BCUT2D eigenvalue weighted by Gasteiger charge is 2.32. The lowest BCUT2D eigenvalue weighted by molar-refractivity contribution is -0.137. The third-order valence-corrected chi connectivity index (χ3v) is 4.32. The van der Waals surface area contributed by atoms with Crippen LogP contribution in [0.5, 0.6) is 5.75 Å². The topological polar surface area (TPSA) is 51.1 Å². The van der Waals surface area contributed by atoms with E-state index in [-0.39, 0.29) is 18.6 Å². The standard InChI is InChI=1S/C20H22N2O3/c1-14-4-6-15(7-5-14)18-12-19(22(21-18)20(23)13-24-2)16-8-10-17(25-3)11-9-16/h4-11,19H,12-13H2,1-3H3/t19-/m0/s1. The second-order valence-electron chi connectivity index (χ2n) is 6.08. The van der Waals surface area contributed by atoms with Crippen molar-refractivity contribution >= 4 is 11.6 Å². The normalized spacial score (nSPS) is 16.7. The predicted molar refractivity (Wildman–Crippen MR) is 96.8 cm³/mol. The first-order chi connectivity index (χ1) is 12.1. The van der Waals surface area contributed by atoms with Crippen molar-refractivity contribution in [2.24, 2.45) is 5.10 Å². The smallest absolute Gasteiger partial charge is 0.269 e. The van der Waals surface area contributed by atoms with Crippen LogP contribution in [-0.4, -0.2) is 37.5 Å². The van der Waals surface area contributed by atoms with Gasteiger partial charge < -0.3 is 9.47 Å². The summed E-state index contributed by atoms with van der Waals surface area (Å²) in [5.41, 5.74) is 4.17. The lowest BCUT2D eigenvalue weighted by atomic mass is 9.98. The van der Waals surface area contributed by atoms with Gasteiger partial charge >= 0.3 is 0 Å². The van der Waals surface area contributed by atoms with E-state index in [9.17, 15) is 4.79 Å². The molecule has 0 spiro atoms. The van der Waals surface area contributed by atoms with E-state index < -0.39 is 0 Å². The molecule has 1 aliphatic heterocycles. The molecule has 130 valence electrons. The van der Waals surface area contributed by atoms with Gasteiger partial charge in [0.25, 0.3) is 5.91 Å². The van der Waals surface area contributed by atoms with Gasteiger partial charge in [0.05, 0.1) is 18.9 Å². The third kappa shape index (κ3) is 3.72. The van der Waals surface area contributed by atoms with Crippen molar-refractivity contribution in [3.63, 3.8) is 0 Å². The van der Waals surface area contributed by atoms with Gasteiger partial charge in [0, 0.05) is 13.5 Å². The number of carbonyl (C=O) groups is 1. The molecule has 0 N–H and O–H groups in total. The van der Waals surface area contributed by atoms with E-state index in [4.69, 9.17) is 9.47 Å². The first-order valence-corrected chi connectivity index (χ1v) is 8.22. The fourth-order valence-electron chi connectivity index (χ4n) is 2.94. The molecule has 0 radical (unpaired) electrons. The molecule has 0 saturated heterocycles. The van der Waals surface area contributed by atoms with E-state index in [1.807, 2.05) is 36.4 Å². The molecule has 1 amide bonds. The minimum atomic E-state index is -0.148. The molecule has 0 fully saturated rings. The molecule has 0 aromatic heterocycles. The fraction of sp³-hybridized carbons (Fsp3) is 0.300. The monoisotopic (exact) mass is 338 g/mol. The molecule has 0 bridgehead atoms. The van der Waals surface area contributed by atoms with E-state index in [1.54, 1.807) is 12.1 Å². The zero-order chi connectivity index (χ0) is 17.8. The first kappa shape index (κ1) is 17.2. The van der Waals surface area contributed by atoms with Crippen LogP contribution in [0.3, 0.4) is 0 Å². The number of aryl methyl sites for hydroxylation is 1. The fourth-order valence-corrected chi connectivity index (χ4v) is 2.94. The maximum absolute atomic E-state index is 12.5. The number of hydrogen-bond donors (Lipinski definition) is 0. The number of nitrogens with zero attached hydrogens (tertiary/aromatic N) is 2. The maximum Gasteiger partial charge on any atom is 0.269 e. The number of ether oxygens (including phenoxy) is 2. The van der Waals surface area contributed by atoms with Gasteiger partial charge in [0.15, 0.2) is 0 Å². The highest BCUT2D eigenvalue weighted by Crippen LogP contribution is 2.33. The summed E-state index contributed by atoms with van der Waals surface area (Å²) in [5, 5.41) is 6.14. The summed E-state index contributed by atoms with van der Waals surface area (Å²) in [6.45, 7) is 2.06. The number of carbonyl (C=O) groups excluding carboxylic acids is 1. The number of hydrogen-bond acceptors (Lipinski definition) is 4. The average Bonchev–Trinajstić information content (AvgIpc) is 3.08. The Hall–Kier alpha value is -2.66. The Bertz CT molecular complexity index is 767. The molecule has 0 saturated carbocycles. The van der Waals surface area contributed by atoms with Crippen molar-refractivity contribution in [3.05, 3.63) is 65.2 Å². The van der Waals surface area contributed by atoms with E-state index >= 15 is 0 Å². The lowest BCUT2D eigenvalue weighted by Gasteiger charge is -2.21. The quantitative estimate of drug-likeness (QED) is 0.840. The van der Waals surface area contributed by atoms with Crippen LogP contribution in [-0.2, 0) is 9.53 Å². The molecule has 1 atom stereocenters. The van der Waals surface area contributed by atoms with Crippen LogP contribution in [0.4, 0.5) is 0 Å². The van der Waals surface area contributed by atoms with Crippen molar-refractivity contribution in [2.75, 3.05) is 20.8 Å². The van der Waals surface area contributed by atoms with Crippen LogP contribution in [0.15, 0.2) is 53.6 Å². The summed E-state index contributed by atoms with van der Waals surface area (Å²) < 4.78 is 10.2. The van der Waals surface area contributed by atoms with E-state index in [0.29, 0.717) is 6.42 Å². The van der Waals surface area contributed by atoms with Crippen molar-refractivity contribution in [1.29, 1.82) is 0 Å². The molecule has 2 aromatic carbocycles. The van der Waals surface area contributed by atoms with Gasteiger partial charge in [-0.15, -0.1) is 0 Å². The average molecular weight is 338 g/mol. The summed E-state index contributed by atoms with van der Waals surface area (Å²) in [6, 6.07) is 15.8. The predicted octanol–water partition coefficient (Wildman–Crippen LogP) is 3.33. The molecule has 0 aliphatic carbocycles. The molecule has 3 rings (SSSR count). The van der Waals surface area contributed by atoms with Crippen LogP contribution < -0.4 is 4.74 Å². The van der Waals surface area contributed by atoms with Gasteiger partial charge in [-0.2, -0.15) is 5.10 Å². The van der Waals surface area contributed by atoms with Gasteiger partial charge in [0.2, 0.25) is 0 Å². The summed E-state index contributed by atoms with van der Waals surface area (Å²) in [7, 11) is 3.15. The van der Waals surface area contributed by atoms with E-state index in [1.165, 1.54) is 12.7 Å². The van der Waals surface area contributed by atoms with Crippen molar-refractivity contribution in [3.8, 4) is 5.75 Å². The van der Waals surface area contributed by atoms with Crippen molar-refractivity contribution in [1.82, 2.24) is 5.01 Å². The van der Waals surface area contributed by atoms with Crippen LogP contribution in [0.25, 0.3) is 0 Å². The lowest BCUT2D eigenvalue weighted by Crippen LogP contribution is -2.30.